The van der Waals surface area contributed by atoms with Gasteiger partial charge in [0.05, 0.1) is 12.0 Å². The van der Waals surface area contributed by atoms with Crippen molar-refractivity contribution in [1.29, 1.82) is 5.26 Å². The van der Waals surface area contributed by atoms with E-state index >= 15 is 0 Å². The summed E-state index contributed by atoms with van der Waals surface area (Å²) in [6.45, 7) is 12.1. The standard InChI is InChI=1S/C14H27N3/c1-12(10-15)11-16(5)13-6-8-17(9-7-13)14(2,3)4/h12-13H,6-9,11H2,1-5H3. The summed E-state index contributed by atoms with van der Waals surface area (Å²) >= 11 is 0. The van der Waals surface area contributed by atoms with Crippen LogP contribution in [0.15, 0.2) is 0 Å². The third kappa shape index (κ3) is 4.29. The maximum Gasteiger partial charge on any atom is 0.0666 e. The minimum Gasteiger partial charge on any atom is -0.302 e. The van der Waals surface area contributed by atoms with E-state index in [9.17, 15) is 0 Å². The van der Waals surface area contributed by atoms with Gasteiger partial charge in [0.2, 0.25) is 0 Å². The van der Waals surface area contributed by atoms with E-state index in [2.05, 4.69) is 43.7 Å². The second-order valence-corrected chi connectivity index (χ2v) is 6.36. The summed E-state index contributed by atoms with van der Waals surface area (Å²) in [7, 11) is 2.16. The molecule has 0 spiro atoms. The van der Waals surface area contributed by atoms with Gasteiger partial charge in [-0.2, -0.15) is 5.26 Å². The lowest BCUT2D eigenvalue weighted by Gasteiger charge is -2.43. The Hall–Kier alpha value is -0.590. The van der Waals surface area contributed by atoms with Gasteiger partial charge in [-0.1, -0.05) is 0 Å². The first-order chi connectivity index (χ1) is 7.84. The van der Waals surface area contributed by atoms with E-state index in [1.807, 2.05) is 6.92 Å². The van der Waals surface area contributed by atoms with Gasteiger partial charge in [0.25, 0.3) is 0 Å². The average molecular weight is 237 g/mol. The van der Waals surface area contributed by atoms with E-state index in [4.69, 9.17) is 5.26 Å². The highest BCUT2D eigenvalue weighted by molar-refractivity contribution is 4.87. The molecule has 0 amide bonds. The van der Waals surface area contributed by atoms with Crippen LogP contribution in [-0.4, -0.2) is 48.1 Å². The summed E-state index contributed by atoms with van der Waals surface area (Å²) in [6, 6.07) is 2.97. The van der Waals surface area contributed by atoms with Crippen LogP contribution >= 0.6 is 0 Å². The van der Waals surface area contributed by atoms with Crippen molar-refractivity contribution in [1.82, 2.24) is 9.80 Å². The highest BCUT2D eigenvalue weighted by Gasteiger charge is 2.28. The zero-order valence-corrected chi connectivity index (χ0v) is 12.0. The molecule has 1 unspecified atom stereocenters. The van der Waals surface area contributed by atoms with E-state index in [0.717, 1.165) is 6.54 Å². The van der Waals surface area contributed by atoms with Crippen LogP contribution in [-0.2, 0) is 0 Å². The predicted molar refractivity (Wildman–Crippen MR) is 71.8 cm³/mol. The lowest BCUT2D eigenvalue weighted by atomic mass is 9.97. The molecule has 0 saturated carbocycles. The van der Waals surface area contributed by atoms with Gasteiger partial charge in [-0.05, 0) is 47.6 Å². The quantitative estimate of drug-likeness (QED) is 0.755. The van der Waals surface area contributed by atoms with Crippen LogP contribution in [0.2, 0.25) is 0 Å². The highest BCUT2D eigenvalue weighted by atomic mass is 15.2. The molecule has 0 aliphatic carbocycles. The van der Waals surface area contributed by atoms with Crippen molar-refractivity contribution >= 4 is 0 Å². The zero-order chi connectivity index (χ0) is 13.1. The van der Waals surface area contributed by atoms with Crippen molar-refractivity contribution in [2.75, 3.05) is 26.7 Å². The van der Waals surface area contributed by atoms with Gasteiger partial charge in [0.1, 0.15) is 0 Å². The van der Waals surface area contributed by atoms with E-state index in [1.165, 1.54) is 25.9 Å². The Bertz CT molecular complexity index is 266. The summed E-state index contributed by atoms with van der Waals surface area (Å²) < 4.78 is 0. The van der Waals surface area contributed by atoms with E-state index in [1.54, 1.807) is 0 Å². The largest absolute Gasteiger partial charge is 0.302 e. The molecular weight excluding hydrogens is 210 g/mol. The van der Waals surface area contributed by atoms with Gasteiger partial charge < -0.3 is 4.90 Å². The van der Waals surface area contributed by atoms with Gasteiger partial charge in [-0.25, -0.2) is 0 Å². The molecule has 1 saturated heterocycles. The number of hydrogen-bond donors (Lipinski definition) is 0. The second-order valence-electron chi connectivity index (χ2n) is 6.36. The summed E-state index contributed by atoms with van der Waals surface area (Å²) in [5, 5.41) is 8.85. The van der Waals surface area contributed by atoms with Crippen molar-refractivity contribution in [3.05, 3.63) is 0 Å². The molecule has 98 valence electrons. The van der Waals surface area contributed by atoms with Crippen LogP contribution in [0, 0.1) is 17.2 Å². The molecule has 0 N–H and O–H groups in total. The molecule has 1 fully saturated rings. The smallest absolute Gasteiger partial charge is 0.0666 e. The van der Waals surface area contributed by atoms with Gasteiger partial charge in [-0.15, -0.1) is 0 Å². The highest BCUT2D eigenvalue weighted by Crippen LogP contribution is 2.22. The Morgan fingerprint density at radius 2 is 1.88 bits per heavy atom. The fourth-order valence-electron chi connectivity index (χ4n) is 2.60. The Morgan fingerprint density at radius 3 is 2.29 bits per heavy atom. The summed E-state index contributed by atoms with van der Waals surface area (Å²) in [4.78, 5) is 4.93. The number of piperidine rings is 1. The van der Waals surface area contributed by atoms with Crippen molar-refractivity contribution in [3.63, 3.8) is 0 Å². The molecule has 1 aliphatic rings. The molecular formula is C14H27N3. The molecule has 3 heteroatoms. The first-order valence-corrected chi connectivity index (χ1v) is 6.69. The molecule has 0 aromatic rings. The van der Waals surface area contributed by atoms with E-state index < -0.39 is 0 Å². The van der Waals surface area contributed by atoms with Crippen LogP contribution in [0.25, 0.3) is 0 Å². The summed E-state index contributed by atoms with van der Waals surface area (Å²) in [6.07, 6.45) is 2.46. The Morgan fingerprint density at radius 1 is 1.35 bits per heavy atom. The van der Waals surface area contributed by atoms with Crippen LogP contribution in [0.1, 0.15) is 40.5 Å². The molecule has 0 bridgehead atoms. The normalized spacial score (nSPS) is 21.5. The van der Waals surface area contributed by atoms with E-state index in [-0.39, 0.29) is 5.92 Å². The van der Waals surface area contributed by atoms with Crippen molar-refractivity contribution in [2.45, 2.75) is 52.1 Å². The van der Waals surface area contributed by atoms with Gasteiger partial charge in [0, 0.05) is 31.2 Å². The minimum absolute atomic E-state index is 0.139. The lowest BCUT2D eigenvalue weighted by Crippen LogP contribution is -2.50. The topological polar surface area (TPSA) is 30.3 Å². The number of likely N-dealkylation sites (tertiary alicyclic amines) is 1. The van der Waals surface area contributed by atoms with E-state index in [0.29, 0.717) is 11.6 Å². The van der Waals surface area contributed by atoms with Gasteiger partial charge in [-0.3, -0.25) is 4.90 Å². The lowest BCUT2D eigenvalue weighted by molar-refractivity contribution is 0.0633. The first-order valence-electron chi connectivity index (χ1n) is 6.69. The third-order valence-corrected chi connectivity index (χ3v) is 3.82. The Kier molecular flexibility index (Phi) is 4.97. The number of rotatable bonds is 3. The van der Waals surface area contributed by atoms with Crippen LogP contribution in [0.3, 0.4) is 0 Å². The van der Waals surface area contributed by atoms with Crippen LogP contribution in [0.4, 0.5) is 0 Å². The SMILES string of the molecule is CC(C#N)CN(C)C1CCN(C(C)(C)C)CC1. The predicted octanol–water partition coefficient (Wildman–Crippen LogP) is 2.34. The molecule has 0 radical (unpaired) electrons. The first kappa shape index (κ1) is 14.5. The number of nitrogens with zero attached hydrogens (tertiary/aromatic N) is 3. The van der Waals surface area contributed by atoms with Gasteiger partial charge >= 0.3 is 0 Å². The Labute approximate surface area is 106 Å². The summed E-state index contributed by atoms with van der Waals surface area (Å²) in [5.74, 6) is 0.139. The second kappa shape index (κ2) is 5.84. The molecule has 1 heterocycles. The monoisotopic (exact) mass is 237 g/mol. The van der Waals surface area contributed by atoms with Crippen LogP contribution in [0.5, 0.6) is 0 Å². The van der Waals surface area contributed by atoms with Crippen molar-refractivity contribution in [2.24, 2.45) is 5.92 Å². The van der Waals surface area contributed by atoms with Crippen LogP contribution < -0.4 is 0 Å². The summed E-state index contributed by atoms with van der Waals surface area (Å²) in [5.41, 5.74) is 0.295. The molecule has 0 aromatic heterocycles. The van der Waals surface area contributed by atoms with Gasteiger partial charge in [0.15, 0.2) is 0 Å². The Balaban J connectivity index is 2.39. The minimum atomic E-state index is 0.139. The molecule has 0 aromatic carbocycles. The molecule has 1 atom stereocenters. The maximum absolute atomic E-state index is 8.85. The maximum atomic E-state index is 8.85. The number of nitriles is 1. The molecule has 3 nitrogen and oxygen atoms in total. The van der Waals surface area contributed by atoms with Crippen molar-refractivity contribution < 1.29 is 0 Å². The fraction of sp³-hybridized carbons (Fsp3) is 0.929. The van der Waals surface area contributed by atoms with Crippen molar-refractivity contribution in [3.8, 4) is 6.07 Å². The molecule has 17 heavy (non-hydrogen) atoms. The zero-order valence-electron chi connectivity index (χ0n) is 12.0. The fourth-order valence-corrected chi connectivity index (χ4v) is 2.60. The average Bonchev–Trinajstić information content (AvgIpc) is 2.27. The molecule has 1 rings (SSSR count). The molecule has 1 aliphatic heterocycles. The third-order valence-electron chi connectivity index (χ3n) is 3.82. The number of hydrogen-bond acceptors (Lipinski definition) is 3.